The fraction of sp³-hybridized carbons (Fsp3) is 0.312. The quantitative estimate of drug-likeness (QED) is 0.599. The van der Waals surface area contributed by atoms with Crippen molar-refractivity contribution in [2.75, 3.05) is 12.4 Å². The Bertz CT molecular complexity index is 726. The van der Waals surface area contributed by atoms with E-state index >= 15 is 0 Å². The molecule has 1 amide bonds. The average Bonchev–Trinajstić information content (AvgIpc) is 3.32. The third kappa shape index (κ3) is 3.39. The van der Waals surface area contributed by atoms with E-state index in [2.05, 4.69) is 0 Å². The summed E-state index contributed by atoms with van der Waals surface area (Å²) in [5, 5.41) is 1.43. The molecule has 1 aliphatic rings. The van der Waals surface area contributed by atoms with Gasteiger partial charge < -0.3 is 14.1 Å². The maximum Gasteiger partial charge on any atom is 0.330 e. The van der Waals surface area contributed by atoms with E-state index in [1.807, 2.05) is 0 Å². The maximum absolute atomic E-state index is 12.3. The summed E-state index contributed by atoms with van der Waals surface area (Å²) in [5.74, 6) is -0.0533. The van der Waals surface area contributed by atoms with Crippen molar-refractivity contribution in [2.24, 2.45) is 0 Å². The van der Waals surface area contributed by atoms with Crippen LogP contribution in [-0.4, -0.2) is 41.0 Å². The first-order valence-corrected chi connectivity index (χ1v) is 9.18. The van der Waals surface area contributed by atoms with Crippen LogP contribution >= 0.6 is 23.1 Å². The monoisotopic (exact) mass is 365 g/mol. The number of rotatable bonds is 5. The molecule has 1 aliphatic heterocycles. The molecule has 1 saturated heterocycles. The van der Waals surface area contributed by atoms with Crippen molar-refractivity contribution in [1.82, 2.24) is 4.90 Å². The lowest BCUT2D eigenvalue weighted by atomic mass is 10.2. The molecular formula is C16H15NO5S2. The number of nitrogens with zero attached hydrogens (tertiary/aromatic N) is 1. The van der Waals surface area contributed by atoms with Crippen LogP contribution in [0.3, 0.4) is 0 Å². The van der Waals surface area contributed by atoms with Crippen molar-refractivity contribution in [2.45, 2.75) is 18.3 Å². The predicted molar refractivity (Wildman–Crippen MR) is 89.8 cm³/mol. The Hall–Kier alpha value is -2.06. The van der Waals surface area contributed by atoms with Crippen LogP contribution in [0.1, 0.15) is 27.7 Å². The molecule has 0 bridgehead atoms. The van der Waals surface area contributed by atoms with E-state index < -0.39 is 12.0 Å². The van der Waals surface area contributed by atoms with E-state index in [1.54, 1.807) is 29.6 Å². The van der Waals surface area contributed by atoms with Gasteiger partial charge in [0.25, 0.3) is 0 Å². The molecule has 0 saturated carbocycles. The van der Waals surface area contributed by atoms with E-state index in [0.717, 1.165) is 0 Å². The number of amides is 1. The zero-order valence-corrected chi connectivity index (χ0v) is 14.5. The third-order valence-electron chi connectivity index (χ3n) is 3.56. The van der Waals surface area contributed by atoms with Crippen LogP contribution in [-0.2, 0) is 14.3 Å². The van der Waals surface area contributed by atoms with Gasteiger partial charge in [-0.25, -0.2) is 4.79 Å². The predicted octanol–water partition coefficient (Wildman–Crippen LogP) is 2.73. The number of ketones is 1. The molecule has 126 valence electrons. The fourth-order valence-corrected chi connectivity index (χ4v) is 4.53. The van der Waals surface area contributed by atoms with Crippen LogP contribution in [0, 0.1) is 0 Å². The Balaban J connectivity index is 1.65. The second-order valence-corrected chi connectivity index (χ2v) is 7.21. The minimum absolute atomic E-state index is 0.243. The summed E-state index contributed by atoms with van der Waals surface area (Å²) in [6.07, 6.45) is 1.53. The number of esters is 1. The summed E-state index contributed by atoms with van der Waals surface area (Å²) in [4.78, 5) is 38.2. The van der Waals surface area contributed by atoms with E-state index in [1.165, 1.54) is 41.2 Å². The van der Waals surface area contributed by atoms with Gasteiger partial charge in [0, 0.05) is 12.7 Å². The van der Waals surface area contributed by atoms with Gasteiger partial charge in [0.05, 0.1) is 11.1 Å². The Kier molecular flexibility index (Phi) is 5.06. The van der Waals surface area contributed by atoms with Crippen molar-refractivity contribution in [1.29, 1.82) is 0 Å². The number of furan rings is 1. The standard InChI is InChI=1S/C16H15NO5S2/c1-10(18)17-11(9-24-15(17)13-4-2-6-21-13)16(20)22-8-12(19)14-5-3-7-23-14/h2-7,11,15H,8-9H2,1H3/t11-,15-/m0/s1. The first kappa shape index (κ1) is 16.8. The summed E-state index contributed by atoms with van der Waals surface area (Å²) in [5.41, 5.74) is 0. The van der Waals surface area contributed by atoms with Gasteiger partial charge in [0.1, 0.15) is 17.2 Å². The summed E-state index contributed by atoms with van der Waals surface area (Å²) < 4.78 is 10.5. The largest absolute Gasteiger partial charge is 0.466 e. The number of Topliss-reactive ketones (excluding diaryl/α,β-unsaturated/α-hetero) is 1. The fourth-order valence-electron chi connectivity index (χ4n) is 2.46. The maximum atomic E-state index is 12.3. The molecule has 0 aliphatic carbocycles. The van der Waals surface area contributed by atoms with Gasteiger partial charge in [0.2, 0.25) is 11.7 Å². The smallest absolute Gasteiger partial charge is 0.330 e. The lowest BCUT2D eigenvalue weighted by Gasteiger charge is -2.25. The molecule has 3 heterocycles. The number of thioether (sulfide) groups is 1. The lowest BCUT2D eigenvalue weighted by molar-refractivity contribution is -0.152. The molecule has 1 fully saturated rings. The van der Waals surface area contributed by atoms with E-state index in [4.69, 9.17) is 9.15 Å². The van der Waals surface area contributed by atoms with Crippen LogP contribution in [0.4, 0.5) is 0 Å². The summed E-state index contributed by atoms with van der Waals surface area (Å²) in [6.45, 7) is 1.08. The van der Waals surface area contributed by atoms with Gasteiger partial charge >= 0.3 is 5.97 Å². The highest BCUT2D eigenvalue weighted by Crippen LogP contribution is 2.41. The van der Waals surface area contributed by atoms with Crippen molar-refractivity contribution in [3.05, 3.63) is 46.5 Å². The summed E-state index contributed by atoms with van der Waals surface area (Å²) in [6, 6.07) is 6.22. The second kappa shape index (κ2) is 7.23. The number of hydrogen-bond acceptors (Lipinski definition) is 7. The molecule has 3 rings (SSSR count). The van der Waals surface area contributed by atoms with Crippen molar-refractivity contribution < 1.29 is 23.5 Å². The number of thiophene rings is 1. The molecule has 0 aromatic carbocycles. The second-order valence-electron chi connectivity index (χ2n) is 5.15. The Morgan fingerprint density at radius 3 is 2.79 bits per heavy atom. The normalized spacial score (nSPS) is 20.1. The van der Waals surface area contributed by atoms with E-state index in [-0.39, 0.29) is 23.7 Å². The topological polar surface area (TPSA) is 76.8 Å². The van der Waals surface area contributed by atoms with Crippen molar-refractivity contribution in [3.63, 3.8) is 0 Å². The molecule has 0 radical (unpaired) electrons. The molecule has 0 unspecified atom stereocenters. The van der Waals surface area contributed by atoms with Crippen molar-refractivity contribution >= 4 is 40.8 Å². The highest BCUT2D eigenvalue weighted by molar-refractivity contribution is 7.99. The van der Waals surface area contributed by atoms with E-state index in [9.17, 15) is 14.4 Å². The first-order chi connectivity index (χ1) is 11.6. The molecule has 8 heteroatoms. The number of ether oxygens (including phenoxy) is 1. The van der Waals surface area contributed by atoms with Crippen LogP contribution < -0.4 is 0 Å². The average molecular weight is 365 g/mol. The molecule has 2 atom stereocenters. The Morgan fingerprint density at radius 2 is 2.17 bits per heavy atom. The van der Waals surface area contributed by atoms with Crippen molar-refractivity contribution in [3.8, 4) is 0 Å². The molecule has 2 aromatic rings. The van der Waals surface area contributed by atoms with Gasteiger partial charge in [0.15, 0.2) is 6.61 Å². The van der Waals surface area contributed by atoms with Gasteiger partial charge in [-0.2, -0.15) is 0 Å². The Labute approximate surface area is 146 Å². The van der Waals surface area contributed by atoms with Crippen LogP contribution in [0.25, 0.3) is 0 Å². The van der Waals surface area contributed by atoms with Crippen LogP contribution in [0.2, 0.25) is 0 Å². The zero-order chi connectivity index (χ0) is 17.1. The molecule has 6 nitrogen and oxygen atoms in total. The zero-order valence-electron chi connectivity index (χ0n) is 12.8. The van der Waals surface area contributed by atoms with Gasteiger partial charge in [-0.15, -0.1) is 23.1 Å². The highest BCUT2D eigenvalue weighted by atomic mass is 32.2. The lowest BCUT2D eigenvalue weighted by Crippen LogP contribution is -2.43. The molecule has 0 spiro atoms. The Morgan fingerprint density at radius 1 is 1.33 bits per heavy atom. The number of carbonyl (C=O) groups is 3. The minimum atomic E-state index is -0.723. The van der Waals surface area contributed by atoms with Crippen LogP contribution in [0.15, 0.2) is 40.3 Å². The molecule has 0 N–H and O–H groups in total. The van der Waals surface area contributed by atoms with E-state index in [0.29, 0.717) is 16.4 Å². The molecule has 2 aromatic heterocycles. The van der Waals surface area contributed by atoms with Gasteiger partial charge in [-0.05, 0) is 23.6 Å². The van der Waals surface area contributed by atoms with Gasteiger partial charge in [-0.3, -0.25) is 9.59 Å². The third-order valence-corrected chi connectivity index (χ3v) is 5.76. The highest BCUT2D eigenvalue weighted by Gasteiger charge is 2.43. The summed E-state index contributed by atoms with van der Waals surface area (Å²) in [7, 11) is 0. The number of hydrogen-bond donors (Lipinski definition) is 0. The first-order valence-electron chi connectivity index (χ1n) is 7.25. The summed E-state index contributed by atoms with van der Waals surface area (Å²) >= 11 is 2.73. The number of carbonyl (C=O) groups excluding carboxylic acids is 3. The SMILES string of the molecule is CC(=O)N1[C@H](C(=O)OCC(=O)c2cccs2)CS[C@H]1c1ccco1. The minimum Gasteiger partial charge on any atom is -0.466 e. The van der Waals surface area contributed by atoms with Gasteiger partial charge in [-0.1, -0.05) is 6.07 Å². The molecule has 24 heavy (non-hydrogen) atoms. The molecular weight excluding hydrogens is 350 g/mol. The van der Waals surface area contributed by atoms with Crippen LogP contribution in [0.5, 0.6) is 0 Å².